The third-order valence-corrected chi connectivity index (χ3v) is 3.01. The van der Waals surface area contributed by atoms with Crippen LogP contribution in [0.4, 0.5) is 11.4 Å². The molecular weight excluding hydrogens is 220 g/mol. The molecule has 0 aromatic heterocycles. The van der Waals surface area contributed by atoms with E-state index in [9.17, 15) is 10.1 Å². The Morgan fingerprint density at radius 1 is 1.47 bits per heavy atom. The van der Waals surface area contributed by atoms with E-state index in [1.165, 1.54) is 12.1 Å². The van der Waals surface area contributed by atoms with Crippen LogP contribution in [0, 0.1) is 10.1 Å². The minimum Gasteiger partial charge on any atom is -0.380 e. The molecule has 1 atom stereocenters. The number of nitro benzene ring substituents is 1. The summed E-state index contributed by atoms with van der Waals surface area (Å²) >= 11 is 0. The first-order valence-electron chi connectivity index (χ1n) is 5.43. The number of rotatable bonds is 5. The molecule has 1 rings (SSSR count). The average Bonchev–Trinajstić information content (AvgIpc) is 2.29. The normalized spacial score (nSPS) is 13.2. The van der Waals surface area contributed by atoms with Gasteiger partial charge in [-0.1, -0.05) is 6.07 Å². The lowest BCUT2D eigenvalue weighted by molar-refractivity contribution is -0.384. The Kier molecular flexibility index (Phi) is 4.07. The molecule has 1 unspecified atom stereocenters. The number of ether oxygens (including phenoxy) is 1. The zero-order valence-electron chi connectivity index (χ0n) is 10.6. The molecule has 1 N–H and O–H groups in total. The molecule has 0 saturated carbocycles. The molecule has 0 aliphatic carbocycles. The highest BCUT2D eigenvalue weighted by Crippen LogP contribution is 2.21. The zero-order valence-corrected chi connectivity index (χ0v) is 10.6. The van der Waals surface area contributed by atoms with E-state index < -0.39 is 4.92 Å². The minimum absolute atomic E-state index is 0.0366. The quantitative estimate of drug-likeness (QED) is 0.632. The van der Waals surface area contributed by atoms with Crippen molar-refractivity contribution in [2.24, 2.45) is 0 Å². The van der Waals surface area contributed by atoms with Crippen molar-refractivity contribution in [1.82, 2.24) is 0 Å². The molecule has 17 heavy (non-hydrogen) atoms. The van der Waals surface area contributed by atoms with Gasteiger partial charge in [-0.25, -0.2) is 0 Å². The Bertz CT molecular complexity index is 404. The van der Waals surface area contributed by atoms with E-state index in [0.29, 0.717) is 0 Å². The molecule has 1 aromatic carbocycles. The lowest BCUT2D eigenvalue weighted by Gasteiger charge is -2.31. The number of nitro groups is 1. The molecule has 0 heterocycles. The van der Waals surface area contributed by atoms with Crippen molar-refractivity contribution in [2.75, 3.05) is 12.4 Å². The number of methoxy groups -OCH3 is 1. The third kappa shape index (κ3) is 3.42. The number of non-ortho nitro benzene ring substituents is 1. The second kappa shape index (κ2) is 5.14. The highest BCUT2D eigenvalue weighted by Gasteiger charge is 2.25. The first-order chi connectivity index (χ1) is 7.86. The number of hydrogen-bond acceptors (Lipinski definition) is 4. The summed E-state index contributed by atoms with van der Waals surface area (Å²) in [6, 6.07) is 6.48. The van der Waals surface area contributed by atoms with Gasteiger partial charge in [-0.3, -0.25) is 10.1 Å². The second-order valence-corrected chi connectivity index (χ2v) is 4.48. The number of anilines is 1. The SMILES string of the molecule is COC(C)(C)C(C)Nc1cccc([N+](=O)[O-])c1. The van der Waals surface area contributed by atoms with Crippen molar-refractivity contribution in [1.29, 1.82) is 0 Å². The fraction of sp³-hybridized carbons (Fsp3) is 0.500. The van der Waals surface area contributed by atoms with E-state index in [0.717, 1.165) is 5.69 Å². The fourth-order valence-corrected chi connectivity index (χ4v) is 1.31. The van der Waals surface area contributed by atoms with Crippen molar-refractivity contribution in [2.45, 2.75) is 32.4 Å². The van der Waals surface area contributed by atoms with E-state index in [1.54, 1.807) is 19.2 Å². The van der Waals surface area contributed by atoms with Crippen LogP contribution in [0.25, 0.3) is 0 Å². The van der Waals surface area contributed by atoms with Crippen molar-refractivity contribution in [3.8, 4) is 0 Å². The lowest BCUT2D eigenvalue weighted by atomic mass is 10.00. The molecule has 0 amide bonds. The zero-order chi connectivity index (χ0) is 13.1. The van der Waals surface area contributed by atoms with Crippen LogP contribution in [-0.2, 0) is 4.74 Å². The van der Waals surface area contributed by atoms with Gasteiger partial charge in [0.2, 0.25) is 0 Å². The fourth-order valence-electron chi connectivity index (χ4n) is 1.31. The molecular formula is C12H18N2O3. The predicted molar refractivity (Wildman–Crippen MR) is 67.3 cm³/mol. The van der Waals surface area contributed by atoms with E-state index in [4.69, 9.17) is 4.74 Å². The molecule has 0 radical (unpaired) electrons. The van der Waals surface area contributed by atoms with Gasteiger partial charge in [-0.2, -0.15) is 0 Å². The number of hydrogen-bond donors (Lipinski definition) is 1. The second-order valence-electron chi connectivity index (χ2n) is 4.48. The van der Waals surface area contributed by atoms with Crippen LogP contribution in [0.5, 0.6) is 0 Å². The summed E-state index contributed by atoms with van der Waals surface area (Å²) in [6.07, 6.45) is 0. The highest BCUT2D eigenvalue weighted by atomic mass is 16.6. The molecule has 0 spiro atoms. The summed E-state index contributed by atoms with van der Waals surface area (Å²) in [4.78, 5) is 10.2. The molecule has 94 valence electrons. The van der Waals surface area contributed by atoms with Crippen molar-refractivity contribution in [3.05, 3.63) is 34.4 Å². The van der Waals surface area contributed by atoms with E-state index in [2.05, 4.69) is 5.32 Å². The van der Waals surface area contributed by atoms with Crippen LogP contribution in [-0.4, -0.2) is 23.7 Å². The first kappa shape index (κ1) is 13.4. The lowest BCUT2D eigenvalue weighted by Crippen LogP contribution is -2.41. The maximum atomic E-state index is 10.6. The summed E-state index contributed by atoms with van der Waals surface area (Å²) < 4.78 is 5.35. The molecule has 1 aromatic rings. The Morgan fingerprint density at radius 2 is 2.12 bits per heavy atom. The van der Waals surface area contributed by atoms with Crippen molar-refractivity contribution in [3.63, 3.8) is 0 Å². The van der Waals surface area contributed by atoms with E-state index in [-0.39, 0.29) is 17.3 Å². The highest BCUT2D eigenvalue weighted by molar-refractivity contribution is 5.51. The van der Waals surface area contributed by atoms with Crippen LogP contribution < -0.4 is 5.32 Å². The predicted octanol–water partition coefficient (Wildman–Crippen LogP) is 2.82. The molecule has 0 saturated heterocycles. The van der Waals surface area contributed by atoms with Gasteiger partial charge in [0.25, 0.3) is 5.69 Å². The first-order valence-corrected chi connectivity index (χ1v) is 5.43. The minimum atomic E-state index is -0.405. The standard InChI is InChI=1S/C12H18N2O3/c1-9(12(2,3)17-4)13-10-6-5-7-11(8-10)14(15)16/h5-9,13H,1-4H3. The average molecular weight is 238 g/mol. The summed E-state index contributed by atoms with van der Waals surface area (Å²) in [5, 5.41) is 13.8. The van der Waals surface area contributed by atoms with Gasteiger partial charge in [-0.15, -0.1) is 0 Å². The molecule has 5 heteroatoms. The summed E-state index contributed by atoms with van der Waals surface area (Å²) in [5.41, 5.74) is 0.458. The molecule has 0 bridgehead atoms. The van der Waals surface area contributed by atoms with Gasteiger partial charge in [0.1, 0.15) is 0 Å². The van der Waals surface area contributed by atoms with Crippen molar-refractivity contribution >= 4 is 11.4 Å². The summed E-state index contributed by atoms with van der Waals surface area (Å²) in [6.45, 7) is 5.90. The van der Waals surface area contributed by atoms with Crippen LogP contribution in [0.15, 0.2) is 24.3 Å². The third-order valence-electron chi connectivity index (χ3n) is 3.01. The smallest absolute Gasteiger partial charge is 0.271 e. The van der Waals surface area contributed by atoms with Crippen molar-refractivity contribution < 1.29 is 9.66 Å². The monoisotopic (exact) mass is 238 g/mol. The summed E-state index contributed by atoms with van der Waals surface area (Å²) in [5.74, 6) is 0. The largest absolute Gasteiger partial charge is 0.380 e. The molecule has 0 aliphatic heterocycles. The Balaban J connectivity index is 2.82. The van der Waals surface area contributed by atoms with Gasteiger partial charge in [0.15, 0.2) is 0 Å². The molecule has 0 aliphatic rings. The number of nitrogens with one attached hydrogen (secondary N) is 1. The summed E-state index contributed by atoms with van der Waals surface area (Å²) in [7, 11) is 1.64. The van der Waals surface area contributed by atoms with Gasteiger partial charge in [0, 0.05) is 24.9 Å². The van der Waals surface area contributed by atoms with Crippen LogP contribution in [0.3, 0.4) is 0 Å². The Morgan fingerprint density at radius 3 is 2.65 bits per heavy atom. The molecule has 0 fully saturated rings. The van der Waals surface area contributed by atoms with Gasteiger partial charge < -0.3 is 10.1 Å². The van der Waals surface area contributed by atoms with E-state index in [1.807, 2.05) is 20.8 Å². The van der Waals surface area contributed by atoms with Gasteiger partial charge >= 0.3 is 0 Å². The van der Waals surface area contributed by atoms with Crippen LogP contribution in [0.2, 0.25) is 0 Å². The van der Waals surface area contributed by atoms with Crippen LogP contribution >= 0.6 is 0 Å². The topological polar surface area (TPSA) is 64.4 Å². The van der Waals surface area contributed by atoms with Crippen LogP contribution in [0.1, 0.15) is 20.8 Å². The van der Waals surface area contributed by atoms with E-state index >= 15 is 0 Å². The Hall–Kier alpha value is -1.62. The maximum absolute atomic E-state index is 10.6. The van der Waals surface area contributed by atoms with Gasteiger partial charge in [-0.05, 0) is 26.8 Å². The number of benzene rings is 1. The maximum Gasteiger partial charge on any atom is 0.271 e. The Labute approximate surface area is 101 Å². The van der Waals surface area contributed by atoms with Gasteiger partial charge in [0.05, 0.1) is 16.6 Å². The number of nitrogens with zero attached hydrogens (tertiary/aromatic N) is 1. The molecule has 5 nitrogen and oxygen atoms in total.